The predicted octanol–water partition coefficient (Wildman–Crippen LogP) is 1.44. The highest BCUT2D eigenvalue weighted by atomic mass is 32.2. The van der Waals surface area contributed by atoms with Crippen LogP contribution in [-0.4, -0.2) is 67.7 Å². The Morgan fingerprint density at radius 1 is 1.11 bits per heavy atom. The average Bonchev–Trinajstić information content (AvgIpc) is 2.86. The Labute approximate surface area is 162 Å². The molecule has 3 rings (SSSR count). The fourth-order valence-corrected chi connectivity index (χ4v) is 4.72. The summed E-state index contributed by atoms with van der Waals surface area (Å²) in [7, 11) is -3.43. The normalized spacial score (nSPS) is 23.0. The third kappa shape index (κ3) is 4.43. The summed E-state index contributed by atoms with van der Waals surface area (Å²) in [5, 5.41) is 3.08. The lowest BCUT2D eigenvalue weighted by Crippen LogP contribution is -2.50. The van der Waals surface area contributed by atoms with Crippen LogP contribution < -0.4 is 10.2 Å². The Morgan fingerprint density at radius 3 is 2.41 bits per heavy atom. The number of amides is 1. The minimum atomic E-state index is -3.43. The van der Waals surface area contributed by atoms with Crippen molar-refractivity contribution in [2.24, 2.45) is 0 Å². The number of carbonyl (C=O) groups is 1. The summed E-state index contributed by atoms with van der Waals surface area (Å²) in [5.74, 6) is 0.160. The minimum Gasteiger partial charge on any atom is -0.368 e. The zero-order chi connectivity index (χ0) is 19.7. The van der Waals surface area contributed by atoms with Gasteiger partial charge in [-0.05, 0) is 45.7 Å². The van der Waals surface area contributed by atoms with Crippen LogP contribution in [-0.2, 0) is 14.6 Å². The lowest BCUT2D eigenvalue weighted by molar-refractivity contribution is -0.120. The molecule has 1 amide bonds. The van der Waals surface area contributed by atoms with E-state index in [4.69, 9.17) is 0 Å². The van der Waals surface area contributed by atoms with Gasteiger partial charge in [0.05, 0.1) is 16.6 Å². The summed E-state index contributed by atoms with van der Waals surface area (Å²) in [4.78, 5) is 20.5. The fourth-order valence-electron chi connectivity index (χ4n) is 3.65. The zero-order valence-electron chi connectivity index (χ0n) is 16.4. The molecule has 1 aromatic rings. The number of piperazine rings is 1. The van der Waals surface area contributed by atoms with Gasteiger partial charge >= 0.3 is 0 Å². The van der Waals surface area contributed by atoms with Crippen molar-refractivity contribution in [2.75, 3.05) is 37.6 Å². The maximum Gasteiger partial charge on any atom is 0.220 e. The van der Waals surface area contributed by atoms with E-state index in [1.807, 2.05) is 6.07 Å². The Kier molecular flexibility index (Phi) is 5.76. The highest BCUT2D eigenvalue weighted by Gasteiger charge is 2.32. The van der Waals surface area contributed by atoms with Gasteiger partial charge in [0.25, 0.3) is 0 Å². The Hall–Kier alpha value is -1.67. The number of sulfone groups is 1. The van der Waals surface area contributed by atoms with E-state index in [-0.39, 0.29) is 10.9 Å². The van der Waals surface area contributed by atoms with E-state index in [0.29, 0.717) is 12.5 Å². The third-order valence-electron chi connectivity index (χ3n) is 5.50. The molecular weight excluding hydrogens is 364 g/mol. The van der Waals surface area contributed by atoms with E-state index in [1.54, 1.807) is 33.0 Å². The SMILES string of the molecule is CC(C)(C)S(=O)(=O)c1ccc(N2CCN(C3CCNC(=O)CC3)CC2)cn1. The van der Waals surface area contributed by atoms with Gasteiger partial charge in [-0.3, -0.25) is 9.69 Å². The van der Waals surface area contributed by atoms with Crippen LogP contribution in [0.25, 0.3) is 0 Å². The van der Waals surface area contributed by atoms with E-state index >= 15 is 0 Å². The highest BCUT2D eigenvalue weighted by Crippen LogP contribution is 2.25. The number of carbonyl (C=O) groups excluding carboxylic acids is 1. The molecular formula is C19H30N4O3S. The van der Waals surface area contributed by atoms with E-state index < -0.39 is 14.6 Å². The van der Waals surface area contributed by atoms with Gasteiger partial charge in [-0.2, -0.15) is 0 Å². The Bertz CT molecular complexity index is 763. The van der Waals surface area contributed by atoms with Crippen LogP contribution in [0.3, 0.4) is 0 Å². The summed E-state index contributed by atoms with van der Waals surface area (Å²) >= 11 is 0. The molecule has 1 unspecified atom stereocenters. The van der Waals surface area contributed by atoms with Crippen LogP contribution in [0.5, 0.6) is 0 Å². The summed E-state index contributed by atoms with van der Waals surface area (Å²) < 4.78 is 24.1. The molecule has 27 heavy (non-hydrogen) atoms. The van der Waals surface area contributed by atoms with Crippen molar-refractivity contribution in [1.82, 2.24) is 15.2 Å². The van der Waals surface area contributed by atoms with Crippen LogP contribution in [0.2, 0.25) is 0 Å². The van der Waals surface area contributed by atoms with Crippen molar-refractivity contribution in [3.05, 3.63) is 18.3 Å². The monoisotopic (exact) mass is 394 g/mol. The summed E-state index contributed by atoms with van der Waals surface area (Å²) in [5.41, 5.74) is 0.959. The van der Waals surface area contributed by atoms with Crippen molar-refractivity contribution in [2.45, 2.75) is 55.8 Å². The molecule has 2 saturated heterocycles. The molecule has 1 atom stereocenters. The lowest BCUT2D eigenvalue weighted by Gasteiger charge is -2.39. The number of pyridine rings is 1. The van der Waals surface area contributed by atoms with Gasteiger partial charge in [0.2, 0.25) is 5.91 Å². The Morgan fingerprint density at radius 2 is 1.81 bits per heavy atom. The fraction of sp³-hybridized carbons (Fsp3) is 0.684. The van der Waals surface area contributed by atoms with Crippen LogP contribution in [0.1, 0.15) is 40.0 Å². The molecule has 2 fully saturated rings. The van der Waals surface area contributed by atoms with E-state index in [1.165, 1.54) is 0 Å². The molecule has 1 aromatic heterocycles. The molecule has 0 radical (unpaired) electrons. The standard InChI is InChI=1S/C19H30N4O3S/c1-19(2,3)27(25,26)18-7-5-16(14-21-18)23-12-10-22(11-13-23)15-4-6-17(24)20-9-8-15/h5,7,14-15H,4,6,8-13H2,1-3H3,(H,20,24). The first-order valence-corrected chi connectivity index (χ1v) is 11.1. The van der Waals surface area contributed by atoms with Gasteiger partial charge < -0.3 is 10.2 Å². The second kappa shape index (κ2) is 7.75. The summed E-state index contributed by atoms with van der Waals surface area (Å²) in [6, 6.07) is 3.93. The molecule has 0 aromatic carbocycles. The first-order valence-electron chi connectivity index (χ1n) is 9.65. The maximum atomic E-state index is 12.5. The molecule has 0 saturated carbocycles. The molecule has 0 bridgehead atoms. The molecule has 1 N–H and O–H groups in total. The van der Waals surface area contributed by atoms with Gasteiger partial charge in [-0.25, -0.2) is 13.4 Å². The van der Waals surface area contributed by atoms with Crippen LogP contribution >= 0.6 is 0 Å². The predicted molar refractivity (Wildman–Crippen MR) is 106 cm³/mol. The first kappa shape index (κ1) is 20.1. The van der Waals surface area contributed by atoms with E-state index in [2.05, 4.69) is 20.1 Å². The molecule has 0 spiro atoms. The van der Waals surface area contributed by atoms with Crippen molar-refractivity contribution < 1.29 is 13.2 Å². The summed E-state index contributed by atoms with van der Waals surface area (Å²) in [6.45, 7) is 9.48. The third-order valence-corrected chi connectivity index (χ3v) is 7.91. The van der Waals surface area contributed by atoms with E-state index in [0.717, 1.165) is 51.3 Å². The van der Waals surface area contributed by atoms with E-state index in [9.17, 15) is 13.2 Å². The van der Waals surface area contributed by atoms with Gasteiger partial charge in [0, 0.05) is 45.2 Å². The lowest BCUT2D eigenvalue weighted by atomic mass is 10.1. The number of nitrogens with one attached hydrogen (secondary N) is 1. The van der Waals surface area contributed by atoms with Crippen molar-refractivity contribution in [1.29, 1.82) is 0 Å². The number of hydrogen-bond acceptors (Lipinski definition) is 6. The van der Waals surface area contributed by atoms with Crippen LogP contribution in [0.4, 0.5) is 5.69 Å². The van der Waals surface area contributed by atoms with Gasteiger partial charge in [0.1, 0.15) is 0 Å². The zero-order valence-corrected chi connectivity index (χ0v) is 17.3. The number of rotatable bonds is 3. The maximum absolute atomic E-state index is 12.5. The quantitative estimate of drug-likeness (QED) is 0.835. The van der Waals surface area contributed by atoms with Crippen LogP contribution in [0.15, 0.2) is 23.4 Å². The first-order chi connectivity index (χ1) is 12.7. The number of aromatic nitrogens is 1. The van der Waals surface area contributed by atoms with Crippen molar-refractivity contribution >= 4 is 21.4 Å². The molecule has 150 valence electrons. The largest absolute Gasteiger partial charge is 0.368 e. The van der Waals surface area contributed by atoms with Crippen molar-refractivity contribution in [3.8, 4) is 0 Å². The van der Waals surface area contributed by atoms with Crippen LogP contribution in [0, 0.1) is 0 Å². The topological polar surface area (TPSA) is 82.6 Å². The van der Waals surface area contributed by atoms with Gasteiger partial charge in [0.15, 0.2) is 14.9 Å². The van der Waals surface area contributed by atoms with Crippen molar-refractivity contribution in [3.63, 3.8) is 0 Å². The van der Waals surface area contributed by atoms with Gasteiger partial charge in [-0.1, -0.05) is 0 Å². The molecule has 2 aliphatic rings. The van der Waals surface area contributed by atoms with Gasteiger partial charge in [-0.15, -0.1) is 0 Å². The Balaban J connectivity index is 1.61. The molecule has 7 nitrogen and oxygen atoms in total. The number of nitrogens with zero attached hydrogens (tertiary/aromatic N) is 3. The molecule has 2 aliphatic heterocycles. The second-order valence-electron chi connectivity index (χ2n) is 8.32. The second-order valence-corrected chi connectivity index (χ2v) is 11.0. The molecule has 8 heteroatoms. The average molecular weight is 395 g/mol. The molecule has 0 aliphatic carbocycles. The number of hydrogen-bond donors (Lipinski definition) is 1. The smallest absolute Gasteiger partial charge is 0.220 e. The summed E-state index contributed by atoms with van der Waals surface area (Å²) in [6.07, 6.45) is 4.21. The highest BCUT2D eigenvalue weighted by molar-refractivity contribution is 7.92. The minimum absolute atomic E-state index is 0.132. The number of anilines is 1. The molecule has 3 heterocycles.